The fourth-order valence-corrected chi connectivity index (χ4v) is 4.59. The van der Waals surface area contributed by atoms with Gasteiger partial charge in [0.15, 0.2) is 4.80 Å². The van der Waals surface area contributed by atoms with Crippen LogP contribution < -0.4 is 4.80 Å². The monoisotopic (exact) mass is 401 g/mol. The molecule has 6 nitrogen and oxygen atoms in total. The van der Waals surface area contributed by atoms with Gasteiger partial charge in [-0.05, 0) is 25.1 Å². The zero-order valence-corrected chi connectivity index (χ0v) is 15.3. The van der Waals surface area contributed by atoms with Crippen LogP contribution in [0.3, 0.4) is 0 Å². The largest absolute Gasteiger partial charge is 0.324 e. The number of benzene rings is 1. The number of thiazole rings is 1. The van der Waals surface area contributed by atoms with Crippen molar-refractivity contribution in [3.8, 4) is 0 Å². The van der Waals surface area contributed by atoms with Crippen LogP contribution in [0.25, 0.3) is 10.2 Å². The quantitative estimate of drug-likeness (QED) is 0.469. The maximum atomic E-state index is 12.3. The fraction of sp³-hybridized carbons (Fsp3) is 0.143. The van der Waals surface area contributed by atoms with E-state index >= 15 is 0 Å². The molecule has 2 aromatic heterocycles. The lowest BCUT2D eigenvalue weighted by molar-refractivity contribution is -0.380. The van der Waals surface area contributed by atoms with E-state index in [1.165, 1.54) is 23.5 Å². The number of nitrogens with zero attached hydrogens (tertiary/aromatic N) is 3. The molecule has 0 fully saturated rings. The summed E-state index contributed by atoms with van der Waals surface area (Å²) < 4.78 is 2.54. The number of nitro groups is 1. The number of rotatable bonds is 3. The van der Waals surface area contributed by atoms with E-state index in [0.717, 1.165) is 21.6 Å². The third kappa shape index (κ3) is 2.98. The van der Waals surface area contributed by atoms with Crippen molar-refractivity contribution in [1.29, 1.82) is 0 Å². The third-order valence-corrected chi connectivity index (χ3v) is 6.09. The van der Waals surface area contributed by atoms with Crippen molar-refractivity contribution < 1.29 is 9.72 Å². The summed E-state index contributed by atoms with van der Waals surface area (Å²) in [6.07, 6.45) is 0. The minimum atomic E-state index is -0.535. The summed E-state index contributed by atoms with van der Waals surface area (Å²) in [7, 11) is 0. The van der Waals surface area contributed by atoms with Gasteiger partial charge in [-0.3, -0.25) is 14.9 Å². The molecule has 0 spiro atoms. The molecule has 1 amide bonds. The van der Waals surface area contributed by atoms with Crippen LogP contribution in [-0.2, 0) is 6.54 Å². The Kier molecular flexibility index (Phi) is 4.73. The van der Waals surface area contributed by atoms with Gasteiger partial charge < -0.3 is 4.57 Å². The molecular weight excluding hydrogens is 393 g/mol. The second-order valence-electron chi connectivity index (χ2n) is 4.65. The van der Waals surface area contributed by atoms with Crippen LogP contribution in [0.15, 0.2) is 29.3 Å². The summed E-state index contributed by atoms with van der Waals surface area (Å²) in [6, 6.07) is 6.08. The lowest BCUT2D eigenvalue weighted by Crippen LogP contribution is -2.15. The van der Waals surface area contributed by atoms with E-state index < -0.39 is 10.8 Å². The first kappa shape index (κ1) is 17.1. The highest BCUT2D eigenvalue weighted by molar-refractivity contribution is 7.18. The average Bonchev–Trinajstić information content (AvgIpc) is 3.16. The normalized spacial score (nSPS) is 12.0. The number of amides is 1. The van der Waals surface area contributed by atoms with Crippen LogP contribution in [-0.4, -0.2) is 15.4 Å². The van der Waals surface area contributed by atoms with E-state index in [2.05, 4.69) is 4.99 Å². The second-order valence-corrected chi connectivity index (χ2v) is 7.50. The number of fused-ring (bicyclic) bond motifs is 1. The summed E-state index contributed by atoms with van der Waals surface area (Å²) >= 11 is 14.5. The van der Waals surface area contributed by atoms with E-state index in [0.29, 0.717) is 21.4 Å². The Labute approximate surface area is 153 Å². The van der Waals surface area contributed by atoms with Crippen LogP contribution >= 0.6 is 45.9 Å². The topological polar surface area (TPSA) is 77.5 Å². The molecule has 0 saturated carbocycles. The number of hydrogen-bond donors (Lipinski definition) is 0. The van der Waals surface area contributed by atoms with Gasteiger partial charge in [0, 0.05) is 12.6 Å². The Hall–Kier alpha value is -1.74. The van der Waals surface area contributed by atoms with Crippen molar-refractivity contribution in [2.24, 2.45) is 4.99 Å². The van der Waals surface area contributed by atoms with Crippen molar-refractivity contribution >= 4 is 67.0 Å². The van der Waals surface area contributed by atoms with Gasteiger partial charge in [0.25, 0.3) is 5.91 Å². The van der Waals surface area contributed by atoms with Crippen LogP contribution in [0.2, 0.25) is 10.0 Å². The van der Waals surface area contributed by atoms with Gasteiger partial charge in [-0.1, -0.05) is 45.9 Å². The van der Waals surface area contributed by atoms with E-state index in [1.54, 1.807) is 16.7 Å². The van der Waals surface area contributed by atoms with Crippen LogP contribution in [0.1, 0.15) is 16.6 Å². The highest BCUT2D eigenvalue weighted by Crippen LogP contribution is 2.32. The third-order valence-electron chi connectivity index (χ3n) is 3.22. The molecule has 1 aromatic carbocycles. The Morgan fingerprint density at radius 1 is 1.25 bits per heavy atom. The van der Waals surface area contributed by atoms with Crippen molar-refractivity contribution in [2.75, 3.05) is 0 Å². The van der Waals surface area contributed by atoms with Gasteiger partial charge in [0.05, 0.1) is 25.2 Å². The Bertz CT molecular complexity index is 1040. The maximum Gasteiger partial charge on any atom is 0.324 e. The molecule has 0 bridgehead atoms. The Morgan fingerprint density at radius 2 is 1.96 bits per heavy atom. The molecule has 0 aliphatic carbocycles. The van der Waals surface area contributed by atoms with Crippen LogP contribution in [0.5, 0.6) is 0 Å². The van der Waals surface area contributed by atoms with Gasteiger partial charge in [-0.25, -0.2) is 0 Å². The molecule has 24 heavy (non-hydrogen) atoms. The maximum absolute atomic E-state index is 12.3. The van der Waals surface area contributed by atoms with Gasteiger partial charge in [-0.2, -0.15) is 4.99 Å². The Balaban J connectivity index is 2.15. The standard InChI is InChI=1S/C14H9Cl2N3O3S2/c1-2-18-11-7(15)3-4-8(16)12(11)24-14(18)17-13(20)9-5-6-10(23-9)19(21)22/h3-6H,2H2,1H3. The summed E-state index contributed by atoms with van der Waals surface area (Å²) in [5.41, 5.74) is 0.723. The lowest BCUT2D eigenvalue weighted by atomic mass is 10.3. The summed E-state index contributed by atoms with van der Waals surface area (Å²) in [4.78, 5) is 27.3. The fourth-order valence-electron chi connectivity index (χ4n) is 2.17. The predicted octanol–water partition coefficient (Wildman–Crippen LogP) is 4.74. The van der Waals surface area contributed by atoms with E-state index in [-0.39, 0.29) is 9.88 Å². The molecule has 0 saturated heterocycles. The zero-order chi connectivity index (χ0) is 17.4. The van der Waals surface area contributed by atoms with Crippen molar-refractivity contribution in [2.45, 2.75) is 13.5 Å². The molecule has 10 heteroatoms. The molecule has 3 rings (SSSR count). The number of aromatic nitrogens is 1. The number of aryl methyl sites for hydroxylation is 1. The highest BCUT2D eigenvalue weighted by Gasteiger charge is 2.17. The number of thiophene rings is 1. The van der Waals surface area contributed by atoms with Crippen LogP contribution in [0.4, 0.5) is 5.00 Å². The minimum absolute atomic E-state index is 0.0978. The predicted molar refractivity (Wildman–Crippen MR) is 96.4 cm³/mol. The second kappa shape index (κ2) is 6.64. The zero-order valence-electron chi connectivity index (χ0n) is 12.2. The van der Waals surface area contributed by atoms with Crippen molar-refractivity contribution in [3.05, 3.63) is 54.1 Å². The molecule has 0 aliphatic heterocycles. The van der Waals surface area contributed by atoms with E-state index in [1.807, 2.05) is 6.92 Å². The van der Waals surface area contributed by atoms with E-state index in [9.17, 15) is 14.9 Å². The Morgan fingerprint density at radius 3 is 2.58 bits per heavy atom. The first-order valence-corrected chi connectivity index (χ1v) is 9.12. The number of carbonyl (C=O) groups excluding carboxylic acids is 1. The minimum Gasteiger partial charge on any atom is -0.315 e. The lowest BCUT2D eigenvalue weighted by Gasteiger charge is -2.02. The van der Waals surface area contributed by atoms with Gasteiger partial charge in [-0.15, -0.1) is 0 Å². The first-order valence-electron chi connectivity index (χ1n) is 6.73. The molecule has 0 unspecified atom stereocenters. The van der Waals surface area contributed by atoms with Crippen molar-refractivity contribution in [1.82, 2.24) is 4.57 Å². The molecule has 0 N–H and O–H groups in total. The highest BCUT2D eigenvalue weighted by atomic mass is 35.5. The van der Waals surface area contributed by atoms with E-state index in [4.69, 9.17) is 23.2 Å². The summed E-state index contributed by atoms with van der Waals surface area (Å²) in [5.74, 6) is -0.533. The number of hydrogen-bond acceptors (Lipinski definition) is 5. The first-order chi connectivity index (χ1) is 11.4. The smallest absolute Gasteiger partial charge is 0.315 e. The summed E-state index contributed by atoms with van der Waals surface area (Å²) in [6.45, 7) is 2.46. The molecule has 3 aromatic rings. The number of carbonyl (C=O) groups is 1. The van der Waals surface area contributed by atoms with Crippen LogP contribution in [0, 0.1) is 10.1 Å². The van der Waals surface area contributed by atoms with Gasteiger partial charge in [0.1, 0.15) is 4.88 Å². The molecule has 0 aliphatic rings. The summed E-state index contributed by atoms with van der Waals surface area (Å²) in [5, 5.41) is 11.7. The molecular formula is C14H9Cl2N3O3S2. The average molecular weight is 402 g/mol. The van der Waals surface area contributed by atoms with Gasteiger partial charge in [0.2, 0.25) is 0 Å². The number of halogens is 2. The molecule has 0 atom stereocenters. The van der Waals surface area contributed by atoms with Gasteiger partial charge >= 0.3 is 5.00 Å². The molecule has 0 radical (unpaired) electrons. The molecule has 124 valence electrons. The molecule has 2 heterocycles. The SMILES string of the molecule is CCn1c(=NC(=O)c2ccc([N+](=O)[O-])s2)sc2c(Cl)ccc(Cl)c21. The van der Waals surface area contributed by atoms with Crippen molar-refractivity contribution in [3.63, 3.8) is 0 Å².